The molecule has 1 aromatic carbocycles. The number of nitrogens with one attached hydrogen (secondary N) is 2. The van der Waals surface area contributed by atoms with Crippen molar-refractivity contribution in [2.24, 2.45) is 0 Å². The lowest BCUT2D eigenvalue weighted by Crippen LogP contribution is -2.49. The van der Waals surface area contributed by atoms with E-state index in [1.54, 1.807) is 18.2 Å². The summed E-state index contributed by atoms with van der Waals surface area (Å²) in [6, 6.07) is 6.60. The first kappa shape index (κ1) is 13.7. The van der Waals surface area contributed by atoms with Crippen LogP contribution >= 0.6 is 0 Å². The number of halogens is 1. The Hall–Kier alpha value is -1.68. The predicted molar refractivity (Wildman–Crippen MR) is 73.4 cm³/mol. The quantitative estimate of drug-likeness (QED) is 0.818. The fraction of sp³-hybridized carbons (Fsp3) is 0.400. The van der Waals surface area contributed by atoms with Crippen molar-refractivity contribution >= 4 is 5.91 Å². The van der Waals surface area contributed by atoms with Crippen molar-refractivity contribution in [3.05, 3.63) is 47.8 Å². The molecule has 0 aliphatic carbocycles. The summed E-state index contributed by atoms with van der Waals surface area (Å²) in [5.41, 5.74) is 1.08. The SMILES string of the molecule is C/C=C/C(=O)NC1CNCCC1c1ccc(F)cc1. The van der Waals surface area contributed by atoms with E-state index in [2.05, 4.69) is 10.6 Å². The average Bonchev–Trinajstić information content (AvgIpc) is 2.41. The smallest absolute Gasteiger partial charge is 0.243 e. The van der Waals surface area contributed by atoms with Crippen molar-refractivity contribution in [3.63, 3.8) is 0 Å². The molecule has 3 nitrogen and oxygen atoms in total. The van der Waals surface area contributed by atoms with Gasteiger partial charge in [-0.1, -0.05) is 18.2 Å². The molecule has 1 aromatic rings. The number of carbonyl (C=O) groups is 1. The van der Waals surface area contributed by atoms with E-state index < -0.39 is 0 Å². The molecule has 2 rings (SSSR count). The average molecular weight is 262 g/mol. The third-order valence-corrected chi connectivity index (χ3v) is 3.43. The fourth-order valence-corrected chi connectivity index (χ4v) is 2.50. The van der Waals surface area contributed by atoms with Crippen LogP contribution in [0.5, 0.6) is 0 Å². The van der Waals surface area contributed by atoms with Crippen LogP contribution in [0, 0.1) is 5.82 Å². The minimum atomic E-state index is -0.229. The van der Waals surface area contributed by atoms with Crippen LogP contribution in [-0.4, -0.2) is 25.0 Å². The van der Waals surface area contributed by atoms with Crippen LogP contribution in [0.2, 0.25) is 0 Å². The Bertz CT molecular complexity index is 456. The van der Waals surface area contributed by atoms with E-state index in [-0.39, 0.29) is 23.7 Å². The van der Waals surface area contributed by atoms with E-state index in [1.165, 1.54) is 18.2 Å². The molecule has 0 bridgehead atoms. The van der Waals surface area contributed by atoms with E-state index >= 15 is 0 Å². The minimum absolute atomic E-state index is 0.0444. The third-order valence-electron chi connectivity index (χ3n) is 3.43. The number of hydrogen-bond donors (Lipinski definition) is 2. The van der Waals surface area contributed by atoms with Crippen molar-refractivity contribution in [1.29, 1.82) is 0 Å². The molecule has 1 fully saturated rings. The fourth-order valence-electron chi connectivity index (χ4n) is 2.50. The Kier molecular flexibility index (Phi) is 4.68. The molecular weight excluding hydrogens is 243 g/mol. The zero-order chi connectivity index (χ0) is 13.7. The van der Waals surface area contributed by atoms with Crippen molar-refractivity contribution in [3.8, 4) is 0 Å². The number of amides is 1. The lowest BCUT2D eigenvalue weighted by atomic mass is 9.86. The maximum absolute atomic E-state index is 13.0. The Morgan fingerprint density at radius 1 is 1.42 bits per heavy atom. The van der Waals surface area contributed by atoms with Crippen LogP contribution < -0.4 is 10.6 Å². The molecule has 19 heavy (non-hydrogen) atoms. The van der Waals surface area contributed by atoms with Crippen molar-refractivity contribution in [2.75, 3.05) is 13.1 Å². The van der Waals surface area contributed by atoms with Crippen molar-refractivity contribution < 1.29 is 9.18 Å². The topological polar surface area (TPSA) is 41.1 Å². The van der Waals surface area contributed by atoms with E-state index in [4.69, 9.17) is 0 Å². The summed E-state index contributed by atoms with van der Waals surface area (Å²) >= 11 is 0. The molecule has 0 radical (unpaired) electrons. The molecule has 0 saturated carbocycles. The molecule has 0 spiro atoms. The first-order valence-corrected chi connectivity index (χ1v) is 6.60. The summed E-state index contributed by atoms with van der Waals surface area (Å²) in [4.78, 5) is 11.7. The van der Waals surface area contributed by atoms with Gasteiger partial charge in [0.2, 0.25) is 5.91 Å². The highest BCUT2D eigenvalue weighted by Gasteiger charge is 2.27. The van der Waals surface area contributed by atoms with Crippen molar-refractivity contribution in [1.82, 2.24) is 10.6 Å². The van der Waals surface area contributed by atoms with E-state index in [1.807, 2.05) is 6.92 Å². The number of rotatable bonds is 3. The lowest BCUT2D eigenvalue weighted by molar-refractivity contribution is -0.117. The highest BCUT2D eigenvalue weighted by molar-refractivity contribution is 5.87. The van der Waals surface area contributed by atoms with Gasteiger partial charge in [0, 0.05) is 18.5 Å². The Morgan fingerprint density at radius 3 is 2.84 bits per heavy atom. The molecule has 1 heterocycles. The molecule has 1 aliphatic heterocycles. The highest BCUT2D eigenvalue weighted by atomic mass is 19.1. The molecule has 1 amide bonds. The van der Waals surface area contributed by atoms with E-state index in [0.717, 1.165) is 25.1 Å². The summed E-state index contributed by atoms with van der Waals surface area (Å²) in [6.45, 7) is 3.47. The van der Waals surface area contributed by atoms with Gasteiger partial charge in [0.15, 0.2) is 0 Å². The Morgan fingerprint density at radius 2 is 2.16 bits per heavy atom. The van der Waals surface area contributed by atoms with Gasteiger partial charge in [-0.2, -0.15) is 0 Å². The molecule has 4 heteroatoms. The van der Waals surface area contributed by atoms with Crippen LogP contribution in [0.4, 0.5) is 4.39 Å². The van der Waals surface area contributed by atoms with Crippen LogP contribution in [0.3, 0.4) is 0 Å². The number of benzene rings is 1. The van der Waals surface area contributed by atoms with Gasteiger partial charge in [-0.05, 0) is 43.7 Å². The van der Waals surface area contributed by atoms with Gasteiger partial charge in [0.25, 0.3) is 0 Å². The highest BCUT2D eigenvalue weighted by Crippen LogP contribution is 2.25. The summed E-state index contributed by atoms with van der Waals surface area (Å²) in [5, 5.41) is 6.28. The second-order valence-electron chi connectivity index (χ2n) is 4.77. The monoisotopic (exact) mass is 262 g/mol. The third kappa shape index (κ3) is 3.64. The van der Waals surface area contributed by atoms with Gasteiger partial charge >= 0.3 is 0 Å². The normalized spacial score (nSPS) is 23.5. The molecule has 0 aromatic heterocycles. The second-order valence-corrected chi connectivity index (χ2v) is 4.77. The molecule has 1 saturated heterocycles. The largest absolute Gasteiger partial charge is 0.348 e. The van der Waals surface area contributed by atoms with Crippen LogP contribution in [0.1, 0.15) is 24.8 Å². The molecule has 1 aliphatic rings. The number of piperidine rings is 1. The maximum Gasteiger partial charge on any atom is 0.243 e. The van der Waals surface area contributed by atoms with E-state index in [9.17, 15) is 9.18 Å². The first-order chi connectivity index (χ1) is 9.20. The standard InChI is InChI=1S/C15H19FN2O/c1-2-3-15(19)18-14-10-17-9-8-13(14)11-4-6-12(16)7-5-11/h2-7,13-14,17H,8-10H2,1H3,(H,18,19)/b3-2+. The van der Waals surface area contributed by atoms with Gasteiger partial charge in [0.1, 0.15) is 5.82 Å². The summed E-state index contributed by atoms with van der Waals surface area (Å²) in [5.74, 6) is -0.0773. The second kappa shape index (κ2) is 6.48. The summed E-state index contributed by atoms with van der Waals surface area (Å²) < 4.78 is 13.0. The van der Waals surface area contributed by atoms with Crippen LogP contribution in [0.25, 0.3) is 0 Å². The van der Waals surface area contributed by atoms with Gasteiger partial charge in [-0.3, -0.25) is 4.79 Å². The molecule has 102 valence electrons. The van der Waals surface area contributed by atoms with Gasteiger partial charge < -0.3 is 10.6 Å². The zero-order valence-electron chi connectivity index (χ0n) is 11.0. The van der Waals surface area contributed by atoms with Crippen molar-refractivity contribution in [2.45, 2.75) is 25.3 Å². The Labute approximate surface area is 112 Å². The molecular formula is C15H19FN2O. The zero-order valence-corrected chi connectivity index (χ0v) is 11.0. The lowest BCUT2D eigenvalue weighted by Gasteiger charge is -2.33. The Balaban J connectivity index is 2.11. The maximum atomic E-state index is 13.0. The number of carbonyl (C=O) groups excluding carboxylic acids is 1. The summed E-state index contributed by atoms with van der Waals surface area (Å²) in [6.07, 6.45) is 4.18. The number of hydrogen-bond acceptors (Lipinski definition) is 2. The minimum Gasteiger partial charge on any atom is -0.348 e. The van der Waals surface area contributed by atoms with E-state index in [0.29, 0.717) is 0 Å². The summed E-state index contributed by atoms with van der Waals surface area (Å²) in [7, 11) is 0. The molecule has 2 atom stereocenters. The number of allylic oxidation sites excluding steroid dienone is 1. The van der Waals surface area contributed by atoms with Crippen LogP contribution in [-0.2, 0) is 4.79 Å². The predicted octanol–water partition coefficient (Wildman–Crippen LogP) is 1.96. The van der Waals surface area contributed by atoms with Gasteiger partial charge in [-0.15, -0.1) is 0 Å². The molecule has 2 N–H and O–H groups in total. The van der Waals surface area contributed by atoms with Gasteiger partial charge in [0.05, 0.1) is 0 Å². The molecule has 2 unspecified atom stereocenters. The van der Waals surface area contributed by atoms with Gasteiger partial charge in [-0.25, -0.2) is 4.39 Å². The first-order valence-electron chi connectivity index (χ1n) is 6.60. The van der Waals surface area contributed by atoms with Crippen LogP contribution in [0.15, 0.2) is 36.4 Å².